The Morgan fingerprint density at radius 3 is 1.77 bits per heavy atom. The van der Waals surface area contributed by atoms with Crippen molar-refractivity contribution < 1.29 is 4.74 Å². The topological polar surface area (TPSA) is 64.1 Å². The molecule has 0 unspecified atom stereocenters. The molecule has 0 spiro atoms. The summed E-state index contributed by atoms with van der Waals surface area (Å²) in [5.41, 5.74) is 1.02. The van der Waals surface area contributed by atoms with Gasteiger partial charge in [-0.1, -0.05) is 128 Å². The number of aromatic amines is 1. The highest BCUT2D eigenvalue weighted by Crippen LogP contribution is 2.23. The molecule has 0 aliphatic carbocycles. The van der Waals surface area contributed by atoms with E-state index in [1.165, 1.54) is 107 Å². The molecule has 1 heterocycles. The number of ether oxygens (including phenoxy) is 1. The molecule has 0 radical (unpaired) electrons. The van der Waals surface area contributed by atoms with Crippen LogP contribution >= 0.6 is 0 Å². The largest absolute Gasteiger partial charge is 0.381 e. The fourth-order valence-corrected chi connectivity index (χ4v) is 5.34. The van der Waals surface area contributed by atoms with Gasteiger partial charge in [0, 0.05) is 18.9 Å². The lowest BCUT2D eigenvalue weighted by Crippen LogP contribution is -2.28. The average Bonchev–Trinajstić information content (AvgIpc) is 2.94. The number of nitrogens with zero attached hydrogens (tertiary/aromatic N) is 1. The van der Waals surface area contributed by atoms with Crippen LogP contribution in [0.1, 0.15) is 115 Å². The number of nitrogens with one attached hydrogen (secondary N) is 1. The van der Waals surface area contributed by atoms with Gasteiger partial charge in [-0.25, -0.2) is 4.79 Å². The predicted molar refractivity (Wildman–Crippen MR) is 164 cm³/mol. The number of benzene rings is 2. The Morgan fingerprint density at radius 2 is 1.21 bits per heavy atom. The van der Waals surface area contributed by atoms with Crippen molar-refractivity contribution in [3.05, 3.63) is 75.1 Å². The molecule has 3 rings (SSSR count). The molecule has 5 heteroatoms. The maximum atomic E-state index is 12.5. The molecule has 0 fully saturated rings. The first-order chi connectivity index (χ1) is 19.2. The quantitative estimate of drug-likeness (QED) is 0.139. The molecule has 0 aliphatic heterocycles. The SMILES string of the molecule is CCCCCCCCCCCCCCCCCCOCCc1cc2ccccc2cc1-n1ccc(=O)[nH]c1=O. The summed E-state index contributed by atoms with van der Waals surface area (Å²) < 4.78 is 7.48. The van der Waals surface area contributed by atoms with E-state index in [0.717, 1.165) is 35.1 Å². The summed E-state index contributed by atoms with van der Waals surface area (Å²) in [6.45, 7) is 3.67. The molecule has 0 saturated carbocycles. The van der Waals surface area contributed by atoms with E-state index >= 15 is 0 Å². The minimum absolute atomic E-state index is 0.388. The Kier molecular flexibility index (Phi) is 14.7. The van der Waals surface area contributed by atoms with Crippen molar-refractivity contribution in [3.8, 4) is 5.69 Å². The van der Waals surface area contributed by atoms with Gasteiger partial charge in [0.25, 0.3) is 5.56 Å². The Morgan fingerprint density at radius 1 is 0.667 bits per heavy atom. The standard InChI is InChI=1S/C34H50N2O3/c1-2-3-4-5-6-7-8-9-10-11-12-13-14-15-16-19-25-39-26-23-31-27-29-20-17-18-21-30(29)28-32(31)36-24-22-33(37)35-34(36)38/h17-18,20-22,24,27-28H,2-16,19,23,25-26H2,1H3,(H,35,37,38). The lowest BCUT2D eigenvalue weighted by atomic mass is 10.0. The van der Waals surface area contributed by atoms with Crippen molar-refractivity contribution in [2.45, 2.75) is 116 Å². The van der Waals surface area contributed by atoms with E-state index < -0.39 is 5.69 Å². The number of hydrogen-bond donors (Lipinski definition) is 1. The van der Waals surface area contributed by atoms with Crippen LogP contribution in [0.25, 0.3) is 16.5 Å². The normalized spacial score (nSPS) is 11.4. The number of unbranched alkanes of at least 4 members (excludes halogenated alkanes) is 15. The van der Waals surface area contributed by atoms with Crippen molar-refractivity contribution in [2.24, 2.45) is 0 Å². The number of H-pyrrole nitrogens is 1. The van der Waals surface area contributed by atoms with Crippen LogP contribution in [0.4, 0.5) is 0 Å². The second-order valence-electron chi connectivity index (χ2n) is 11.0. The zero-order valence-corrected chi connectivity index (χ0v) is 24.2. The van der Waals surface area contributed by atoms with Gasteiger partial charge in [-0.05, 0) is 41.3 Å². The van der Waals surface area contributed by atoms with Gasteiger partial charge < -0.3 is 4.74 Å². The minimum atomic E-state index is -0.423. The van der Waals surface area contributed by atoms with Gasteiger partial charge >= 0.3 is 5.69 Å². The molecule has 0 amide bonds. The Balaban J connectivity index is 1.26. The first kappa shape index (κ1) is 30.9. The van der Waals surface area contributed by atoms with Crippen LogP contribution in [-0.4, -0.2) is 22.8 Å². The van der Waals surface area contributed by atoms with Crippen LogP contribution in [0.2, 0.25) is 0 Å². The summed E-state index contributed by atoms with van der Waals surface area (Å²) in [4.78, 5) is 26.4. The Hall–Kier alpha value is -2.66. The Labute approximate surface area is 235 Å². The van der Waals surface area contributed by atoms with E-state index in [9.17, 15) is 9.59 Å². The van der Waals surface area contributed by atoms with E-state index in [-0.39, 0.29) is 5.56 Å². The zero-order valence-electron chi connectivity index (χ0n) is 24.2. The molecule has 0 saturated heterocycles. The monoisotopic (exact) mass is 534 g/mol. The lowest BCUT2D eigenvalue weighted by molar-refractivity contribution is 0.133. The zero-order chi connectivity index (χ0) is 27.5. The van der Waals surface area contributed by atoms with Crippen molar-refractivity contribution in [1.82, 2.24) is 9.55 Å². The van der Waals surface area contributed by atoms with Crippen LogP contribution in [0.15, 0.2) is 58.3 Å². The minimum Gasteiger partial charge on any atom is -0.381 e. The maximum absolute atomic E-state index is 12.5. The third kappa shape index (κ3) is 11.5. The smallest absolute Gasteiger partial charge is 0.332 e. The molecule has 214 valence electrons. The second kappa shape index (κ2) is 18.6. The molecule has 1 aromatic heterocycles. The second-order valence-corrected chi connectivity index (χ2v) is 11.0. The molecule has 2 aromatic carbocycles. The van der Waals surface area contributed by atoms with Crippen LogP contribution < -0.4 is 11.2 Å². The van der Waals surface area contributed by atoms with E-state index in [4.69, 9.17) is 4.74 Å². The maximum Gasteiger partial charge on any atom is 0.332 e. The first-order valence-electron chi connectivity index (χ1n) is 15.6. The summed E-state index contributed by atoms with van der Waals surface area (Å²) in [6.07, 6.45) is 24.1. The number of fused-ring (bicyclic) bond motifs is 1. The Bertz CT molecular complexity index is 1200. The summed E-state index contributed by atoms with van der Waals surface area (Å²) in [5, 5.41) is 2.19. The van der Waals surface area contributed by atoms with Crippen LogP contribution in [0.5, 0.6) is 0 Å². The third-order valence-electron chi connectivity index (χ3n) is 7.69. The van der Waals surface area contributed by atoms with Crippen molar-refractivity contribution in [2.75, 3.05) is 13.2 Å². The molecule has 0 aliphatic rings. The van der Waals surface area contributed by atoms with Gasteiger partial charge in [-0.2, -0.15) is 0 Å². The van der Waals surface area contributed by atoms with Gasteiger partial charge in [0.15, 0.2) is 0 Å². The molecule has 39 heavy (non-hydrogen) atoms. The van der Waals surface area contributed by atoms with E-state index in [1.54, 1.807) is 6.20 Å². The molecule has 0 atom stereocenters. The summed E-state index contributed by atoms with van der Waals surface area (Å²) >= 11 is 0. The van der Waals surface area contributed by atoms with Crippen molar-refractivity contribution in [1.29, 1.82) is 0 Å². The molecule has 3 aromatic rings. The summed E-state index contributed by atoms with van der Waals surface area (Å²) in [5.74, 6) is 0. The average molecular weight is 535 g/mol. The number of rotatable bonds is 21. The number of hydrogen-bond acceptors (Lipinski definition) is 3. The highest BCUT2D eigenvalue weighted by molar-refractivity contribution is 5.85. The fourth-order valence-electron chi connectivity index (χ4n) is 5.34. The summed E-state index contributed by atoms with van der Waals surface area (Å²) in [6, 6.07) is 13.6. The fraction of sp³-hybridized carbons (Fsp3) is 0.588. The summed E-state index contributed by atoms with van der Waals surface area (Å²) in [7, 11) is 0. The van der Waals surface area contributed by atoms with Crippen LogP contribution in [0, 0.1) is 0 Å². The lowest BCUT2D eigenvalue weighted by Gasteiger charge is -2.14. The van der Waals surface area contributed by atoms with Crippen molar-refractivity contribution in [3.63, 3.8) is 0 Å². The van der Waals surface area contributed by atoms with Crippen molar-refractivity contribution >= 4 is 10.8 Å². The van der Waals surface area contributed by atoms with Crippen LogP contribution in [-0.2, 0) is 11.2 Å². The molecule has 1 N–H and O–H groups in total. The highest BCUT2D eigenvalue weighted by Gasteiger charge is 2.09. The van der Waals surface area contributed by atoms with E-state index in [1.807, 2.05) is 24.3 Å². The van der Waals surface area contributed by atoms with E-state index in [0.29, 0.717) is 13.0 Å². The van der Waals surface area contributed by atoms with Gasteiger partial charge in [0.2, 0.25) is 0 Å². The van der Waals surface area contributed by atoms with Gasteiger partial charge in [-0.15, -0.1) is 0 Å². The molecule has 0 bridgehead atoms. The molecule has 5 nitrogen and oxygen atoms in total. The first-order valence-corrected chi connectivity index (χ1v) is 15.6. The highest BCUT2D eigenvalue weighted by atomic mass is 16.5. The molecular weight excluding hydrogens is 484 g/mol. The number of aromatic nitrogens is 2. The predicted octanol–water partition coefficient (Wildman–Crippen LogP) is 8.50. The third-order valence-corrected chi connectivity index (χ3v) is 7.69. The van der Waals surface area contributed by atoms with Gasteiger partial charge in [-0.3, -0.25) is 14.3 Å². The van der Waals surface area contributed by atoms with Crippen LogP contribution in [0.3, 0.4) is 0 Å². The van der Waals surface area contributed by atoms with E-state index in [2.05, 4.69) is 24.0 Å². The molecular formula is C34H50N2O3. The van der Waals surface area contributed by atoms with Gasteiger partial charge in [0.1, 0.15) is 0 Å². The van der Waals surface area contributed by atoms with Gasteiger partial charge in [0.05, 0.1) is 12.3 Å².